The lowest BCUT2D eigenvalue weighted by Crippen LogP contribution is -2.13. The number of aryl methyl sites for hydroxylation is 1. The molecule has 2 heterocycles. The molecule has 0 bridgehead atoms. The number of carbonyl (C=O) groups excluding carboxylic acids is 1. The van der Waals surface area contributed by atoms with Crippen LogP contribution < -0.4 is 5.32 Å². The summed E-state index contributed by atoms with van der Waals surface area (Å²) in [6.45, 7) is 1.94. The van der Waals surface area contributed by atoms with Crippen molar-refractivity contribution in [3.8, 4) is 11.5 Å². The number of aromatic nitrogens is 2. The van der Waals surface area contributed by atoms with E-state index in [1.54, 1.807) is 6.20 Å². The largest absolute Gasteiger partial charge is 0.434 e. The first kappa shape index (κ1) is 18.5. The Hall–Kier alpha value is -3.51. The summed E-state index contributed by atoms with van der Waals surface area (Å²) in [5.41, 5.74) is 4.33. The third-order valence-corrected chi connectivity index (χ3v) is 5.69. The van der Waals surface area contributed by atoms with Gasteiger partial charge in [0.1, 0.15) is 0 Å². The van der Waals surface area contributed by atoms with Gasteiger partial charge >= 0.3 is 0 Å². The van der Waals surface area contributed by atoms with E-state index >= 15 is 0 Å². The number of amides is 1. The van der Waals surface area contributed by atoms with Crippen molar-refractivity contribution in [3.63, 3.8) is 0 Å². The summed E-state index contributed by atoms with van der Waals surface area (Å²) in [5, 5.41) is 4.93. The number of nitrogens with zero attached hydrogens (tertiary/aromatic N) is 2. The van der Waals surface area contributed by atoms with Crippen molar-refractivity contribution in [2.45, 2.75) is 6.92 Å². The third-order valence-electron chi connectivity index (χ3n) is 5.00. The van der Waals surface area contributed by atoms with Gasteiger partial charge in [-0.15, -0.1) is 0 Å². The summed E-state index contributed by atoms with van der Waals surface area (Å²) in [7, 11) is 0. The van der Waals surface area contributed by atoms with Gasteiger partial charge in [0, 0.05) is 27.5 Å². The van der Waals surface area contributed by atoms with Crippen LogP contribution in [0, 0.1) is 6.92 Å². The summed E-state index contributed by atoms with van der Waals surface area (Å²) >= 11 is 3.55. The van der Waals surface area contributed by atoms with E-state index in [1.807, 2.05) is 73.7 Å². The van der Waals surface area contributed by atoms with Crippen LogP contribution in [0.1, 0.15) is 15.9 Å². The van der Waals surface area contributed by atoms with Gasteiger partial charge in [0.25, 0.3) is 5.91 Å². The molecular weight excluding hydrogens is 442 g/mol. The molecule has 0 aliphatic rings. The van der Waals surface area contributed by atoms with Crippen molar-refractivity contribution in [2.24, 2.45) is 0 Å². The van der Waals surface area contributed by atoms with Crippen molar-refractivity contribution >= 4 is 49.5 Å². The lowest BCUT2D eigenvalue weighted by atomic mass is 10.0. The Kier molecular flexibility index (Phi) is 4.56. The third kappa shape index (κ3) is 3.25. The van der Waals surface area contributed by atoms with Gasteiger partial charge in [0.15, 0.2) is 11.2 Å². The summed E-state index contributed by atoms with van der Waals surface area (Å²) in [6.07, 6.45) is 1.68. The predicted molar refractivity (Wildman–Crippen MR) is 122 cm³/mol. The number of pyridine rings is 1. The first-order chi connectivity index (χ1) is 14.6. The molecule has 30 heavy (non-hydrogen) atoms. The molecule has 0 saturated carbocycles. The number of oxazole rings is 1. The second-order valence-corrected chi connectivity index (χ2v) is 7.82. The Bertz CT molecular complexity index is 1390. The highest BCUT2D eigenvalue weighted by molar-refractivity contribution is 9.10. The Balaban J connectivity index is 1.46. The quantitative estimate of drug-likeness (QED) is 0.341. The summed E-state index contributed by atoms with van der Waals surface area (Å²) in [4.78, 5) is 21.6. The van der Waals surface area contributed by atoms with Gasteiger partial charge in [-0.3, -0.25) is 4.79 Å². The summed E-state index contributed by atoms with van der Waals surface area (Å²) in [5.74, 6) is 0.351. The summed E-state index contributed by atoms with van der Waals surface area (Å²) in [6, 6.07) is 20.9. The minimum Gasteiger partial charge on any atom is -0.434 e. The lowest BCUT2D eigenvalue weighted by molar-refractivity contribution is 0.102. The Morgan fingerprint density at radius 1 is 1.00 bits per heavy atom. The molecule has 0 saturated heterocycles. The van der Waals surface area contributed by atoms with Crippen molar-refractivity contribution in [1.82, 2.24) is 9.97 Å². The van der Waals surface area contributed by atoms with Gasteiger partial charge in [0.05, 0.1) is 0 Å². The van der Waals surface area contributed by atoms with Crippen LogP contribution in [0.15, 0.2) is 81.8 Å². The molecule has 1 amide bonds. The van der Waals surface area contributed by atoms with E-state index in [0.717, 1.165) is 32.1 Å². The fourth-order valence-corrected chi connectivity index (χ4v) is 3.99. The molecule has 0 aliphatic carbocycles. The molecule has 0 unspecified atom stereocenters. The number of hydrogen-bond acceptors (Lipinski definition) is 4. The maximum absolute atomic E-state index is 13.0. The molecule has 0 atom stereocenters. The topological polar surface area (TPSA) is 68.0 Å². The highest BCUT2D eigenvalue weighted by Gasteiger charge is 2.14. The number of fused-ring (bicyclic) bond motifs is 2. The minimum atomic E-state index is -0.152. The molecular formula is C24H16BrN3O2. The first-order valence-electron chi connectivity index (χ1n) is 9.41. The molecule has 5 aromatic rings. The molecule has 5 nitrogen and oxygen atoms in total. The van der Waals surface area contributed by atoms with E-state index in [1.165, 1.54) is 0 Å². The fraction of sp³-hybridized carbons (Fsp3) is 0.0417. The fourth-order valence-electron chi connectivity index (χ4n) is 3.49. The van der Waals surface area contributed by atoms with Crippen LogP contribution >= 0.6 is 15.9 Å². The van der Waals surface area contributed by atoms with E-state index in [2.05, 4.69) is 31.2 Å². The zero-order valence-corrected chi connectivity index (χ0v) is 17.6. The van der Waals surface area contributed by atoms with Gasteiger partial charge in [-0.25, -0.2) is 4.98 Å². The zero-order chi connectivity index (χ0) is 20.7. The molecule has 3 aromatic carbocycles. The number of carbonyl (C=O) groups is 1. The zero-order valence-electron chi connectivity index (χ0n) is 16.0. The van der Waals surface area contributed by atoms with Crippen molar-refractivity contribution in [3.05, 3.63) is 88.5 Å². The highest BCUT2D eigenvalue weighted by atomic mass is 79.9. The van der Waals surface area contributed by atoms with Crippen LogP contribution in [0.5, 0.6) is 0 Å². The second kappa shape index (κ2) is 7.39. The number of nitrogens with one attached hydrogen (secondary N) is 1. The van der Waals surface area contributed by atoms with Gasteiger partial charge in [-0.05, 0) is 65.7 Å². The molecule has 2 aromatic heterocycles. The van der Waals surface area contributed by atoms with E-state index < -0.39 is 0 Å². The molecule has 0 radical (unpaired) electrons. The van der Waals surface area contributed by atoms with E-state index in [4.69, 9.17) is 4.42 Å². The molecule has 5 rings (SSSR count). The monoisotopic (exact) mass is 457 g/mol. The Morgan fingerprint density at radius 2 is 1.83 bits per heavy atom. The van der Waals surface area contributed by atoms with Crippen molar-refractivity contribution < 1.29 is 9.21 Å². The van der Waals surface area contributed by atoms with Crippen LogP contribution in [0.2, 0.25) is 0 Å². The van der Waals surface area contributed by atoms with Crippen LogP contribution in [0.4, 0.5) is 5.69 Å². The standard InChI is InChI=1S/C24H16BrN3O2/c1-14-13-15(24-28-22-21(30-24)9-4-12-26-22)10-11-20(14)27-23(29)18-7-2-6-17-16(18)5-3-8-19(17)25/h2-13H,1H3,(H,27,29). The van der Waals surface area contributed by atoms with Crippen molar-refractivity contribution in [2.75, 3.05) is 5.32 Å². The maximum atomic E-state index is 13.0. The lowest BCUT2D eigenvalue weighted by Gasteiger charge is -2.11. The van der Waals surface area contributed by atoms with Gasteiger partial charge in [-0.2, -0.15) is 4.98 Å². The first-order valence-corrected chi connectivity index (χ1v) is 10.2. The van der Waals surface area contributed by atoms with E-state index in [-0.39, 0.29) is 5.91 Å². The van der Waals surface area contributed by atoms with Gasteiger partial charge in [0.2, 0.25) is 5.89 Å². The molecule has 0 aliphatic heterocycles. The number of halogens is 1. The van der Waals surface area contributed by atoms with Crippen molar-refractivity contribution in [1.29, 1.82) is 0 Å². The van der Waals surface area contributed by atoms with Gasteiger partial charge in [-0.1, -0.05) is 40.2 Å². The van der Waals surface area contributed by atoms with Crippen LogP contribution in [0.25, 0.3) is 33.5 Å². The summed E-state index contributed by atoms with van der Waals surface area (Å²) < 4.78 is 6.75. The number of anilines is 1. The highest BCUT2D eigenvalue weighted by Crippen LogP contribution is 2.29. The average Bonchev–Trinajstić information content (AvgIpc) is 3.19. The molecule has 0 spiro atoms. The molecule has 6 heteroatoms. The number of hydrogen-bond donors (Lipinski definition) is 1. The number of rotatable bonds is 3. The maximum Gasteiger partial charge on any atom is 0.256 e. The second-order valence-electron chi connectivity index (χ2n) is 6.97. The van der Waals surface area contributed by atoms with Crippen LogP contribution in [-0.4, -0.2) is 15.9 Å². The van der Waals surface area contributed by atoms with Gasteiger partial charge < -0.3 is 9.73 Å². The number of benzene rings is 3. The van der Waals surface area contributed by atoms with Crippen LogP contribution in [-0.2, 0) is 0 Å². The van der Waals surface area contributed by atoms with E-state index in [9.17, 15) is 4.79 Å². The van der Waals surface area contributed by atoms with E-state index in [0.29, 0.717) is 22.7 Å². The predicted octanol–water partition coefficient (Wildman–Crippen LogP) is 6.37. The SMILES string of the molecule is Cc1cc(-c2nc3ncccc3o2)ccc1NC(=O)c1cccc2c(Br)cccc12. The smallest absolute Gasteiger partial charge is 0.256 e. The average molecular weight is 458 g/mol. The molecule has 0 fully saturated rings. The molecule has 146 valence electrons. The Morgan fingerprint density at radius 3 is 2.67 bits per heavy atom. The normalized spacial score (nSPS) is 11.1. The molecule has 1 N–H and O–H groups in total. The minimum absolute atomic E-state index is 0.152. The van der Waals surface area contributed by atoms with Crippen LogP contribution in [0.3, 0.4) is 0 Å². The Labute approximate surface area is 180 Å².